The zero-order chi connectivity index (χ0) is 13.7. The molecule has 0 N–H and O–H groups in total. The highest BCUT2D eigenvalue weighted by molar-refractivity contribution is 7.18. The molecule has 0 aliphatic carbocycles. The zero-order valence-electron chi connectivity index (χ0n) is 12.4. The molecule has 0 saturated heterocycles. The summed E-state index contributed by atoms with van der Waals surface area (Å²) in [6.07, 6.45) is 6.62. The average Bonchev–Trinajstić information content (AvgIpc) is 2.36. The van der Waals surface area contributed by atoms with Crippen LogP contribution in [0.15, 0.2) is 0 Å². The van der Waals surface area contributed by atoms with Gasteiger partial charge in [-0.25, -0.2) is 0 Å². The molecule has 4 heteroatoms. The van der Waals surface area contributed by atoms with Gasteiger partial charge in [-0.3, -0.25) is 0 Å². The SMILES string of the molecule is CCCCOCC(P)(OCCCC)OCCCC. The molecule has 0 fully saturated rings. The van der Waals surface area contributed by atoms with E-state index >= 15 is 0 Å². The number of hydrogen-bond acceptors (Lipinski definition) is 3. The van der Waals surface area contributed by atoms with Crippen LogP contribution in [0.1, 0.15) is 59.3 Å². The standard InChI is InChI=1S/C14H31O3P/c1-4-7-10-15-13-14(18,16-11-8-5-2)17-12-9-6-3/h4-13,18H2,1-3H3. The summed E-state index contributed by atoms with van der Waals surface area (Å²) >= 11 is 0. The molecular formula is C14H31O3P. The molecule has 0 amide bonds. The Morgan fingerprint density at radius 3 is 1.67 bits per heavy atom. The predicted molar refractivity (Wildman–Crippen MR) is 79.9 cm³/mol. The summed E-state index contributed by atoms with van der Waals surface area (Å²) in [5, 5.41) is 0. The normalized spacial score (nSPS) is 12.0. The van der Waals surface area contributed by atoms with E-state index in [4.69, 9.17) is 14.2 Å². The van der Waals surface area contributed by atoms with Gasteiger partial charge >= 0.3 is 0 Å². The number of hydrogen-bond donors (Lipinski definition) is 0. The van der Waals surface area contributed by atoms with Gasteiger partial charge in [0.25, 0.3) is 0 Å². The second kappa shape index (κ2) is 12.3. The van der Waals surface area contributed by atoms with Crippen LogP contribution in [0.2, 0.25) is 0 Å². The minimum atomic E-state index is -0.655. The molecular weight excluding hydrogens is 247 g/mol. The topological polar surface area (TPSA) is 27.7 Å². The van der Waals surface area contributed by atoms with Gasteiger partial charge in [-0.1, -0.05) is 49.3 Å². The highest BCUT2D eigenvalue weighted by Gasteiger charge is 2.26. The third-order valence-electron chi connectivity index (χ3n) is 2.63. The first-order chi connectivity index (χ1) is 8.68. The first-order valence-corrected chi connectivity index (χ1v) is 7.90. The maximum atomic E-state index is 5.81. The van der Waals surface area contributed by atoms with Crippen LogP contribution in [0.4, 0.5) is 0 Å². The van der Waals surface area contributed by atoms with E-state index in [1.165, 1.54) is 0 Å². The van der Waals surface area contributed by atoms with E-state index in [-0.39, 0.29) is 0 Å². The molecule has 0 aromatic heterocycles. The van der Waals surface area contributed by atoms with Crippen LogP contribution in [0.25, 0.3) is 0 Å². The Bertz CT molecular complexity index is 166. The molecule has 0 aliphatic rings. The molecule has 3 nitrogen and oxygen atoms in total. The molecule has 0 rings (SSSR count). The van der Waals surface area contributed by atoms with Crippen LogP contribution in [-0.2, 0) is 14.2 Å². The van der Waals surface area contributed by atoms with E-state index in [2.05, 4.69) is 30.0 Å². The summed E-state index contributed by atoms with van der Waals surface area (Å²) in [4.78, 5) is 0. The van der Waals surface area contributed by atoms with E-state index in [9.17, 15) is 0 Å². The van der Waals surface area contributed by atoms with Crippen LogP contribution < -0.4 is 0 Å². The highest BCUT2D eigenvalue weighted by atomic mass is 31.0. The number of rotatable bonds is 13. The predicted octanol–water partition coefficient (Wildman–Crippen LogP) is 3.97. The smallest absolute Gasteiger partial charge is 0.204 e. The Morgan fingerprint density at radius 1 is 0.778 bits per heavy atom. The molecule has 0 aromatic carbocycles. The van der Waals surface area contributed by atoms with Gasteiger partial charge in [0.2, 0.25) is 5.53 Å². The highest BCUT2D eigenvalue weighted by Crippen LogP contribution is 2.24. The fraction of sp³-hybridized carbons (Fsp3) is 1.00. The molecule has 110 valence electrons. The molecule has 1 unspecified atom stereocenters. The minimum absolute atomic E-state index is 0.491. The fourth-order valence-corrected chi connectivity index (χ4v) is 1.72. The van der Waals surface area contributed by atoms with Gasteiger partial charge in [0.1, 0.15) is 6.61 Å². The zero-order valence-corrected chi connectivity index (χ0v) is 13.5. The van der Waals surface area contributed by atoms with Crippen LogP contribution in [0, 0.1) is 0 Å². The van der Waals surface area contributed by atoms with Gasteiger partial charge < -0.3 is 14.2 Å². The van der Waals surface area contributed by atoms with Crippen molar-refractivity contribution in [2.45, 2.75) is 64.8 Å². The van der Waals surface area contributed by atoms with E-state index in [1.807, 2.05) is 0 Å². The van der Waals surface area contributed by atoms with Crippen molar-refractivity contribution >= 4 is 9.24 Å². The van der Waals surface area contributed by atoms with Gasteiger partial charge in [-0.15, -0.1) is 0 Å². The first-order valence-electron chi connectivity index (χ1n) is 7.33. The summed E-state index contributed by atoms with van der Waals surface area (Å²) in [6, 6.07) is 0. The summed E-state index contributed by atoms with van der Waals surface area (Å²) in [6.45, 7) is 9.19. The van der Waals surface area contributed by atoms with Gasteiger partial charge in [0.15, 0.2) is 0 Å². The Balaban J connectivity index is 3.95. The van der Waals surface area contributed by atoms with Crippen molar-refractivity contribution in [3.05, 3.63) is 0 Å². The maximum Gasteiger partial charge on any atom is 0.204 e. The molecule has 18 heavy (non-hydrogen) atoms. The van der Waals surface area contributed by atoms with Gasteiger partial charge in [0, 0.05) is 6.61 Å². The van der Waals surface area contributed by atoms with Crippen molar-refractivity contribution in [3.63, 3.8) is 0 Å². The van der Waals surface area contributed by atoms with Crippen molar-refractivity contribution in [2.75, 3.05) is 26.4 Å². The third-order valence-corrected chi connectivity index (χ3v) is 3.13. The lowest BCUT2D eigenvalue weighted by Gasteiger charge is -2.29. The maximum absolute atomic E-state index is 5.81. The van der Waals surface area contributed by atoms with Gasteiger partial charge in [0.05, 0.1) is 13.2 Å². The fourth-order valence-electron chi connectivity index (χ4n) is 1.36. The van der Waals surface area contributed by atoms with E-state index in [1.54, 1.807) is 0 Å². The molecule has 0 aromatic rings. The quantitative estimate of drug-likeness (QED) is 0.290. The molecule has 1 atom stereocenters. The van der Waals surface area contributed by atoms with Crippen molar-refractivity contribution in [1.82, 2.24) is 0 Å². The van der Waals surface area contributed by atoms with Crippen molar-refractivity contribution in [1.29, 1.82) is 0 Å². The lowest BCUT2D eigenvalue weighted by molar-refractivity contribution is -0.201. The Hall–Kier alpha value is 0.310. The monoisotopic (exact) mass is 278 g/mol. The first kappa shape index (κ1) is 18.3. The molecule has 0 saturated carbocycles. The van der Waals surface area contributed by atoms with Gasteiger partial charge in [-0.2, -0.15) is 0 Å². The van der Waals surface area contributed by atoms with Crippen molar-refractivity contribution < 1.29 is 14.2 Å². The summed E-state index contributed by atoms with van der Waals surface area (Å²) < 4.78 is 17.3. The van der Waals surface area contributed by atoms with Crippen LogP contribution >= 0.6 is 9.24 Å². The summed E-state index contributed by atoms with van der Waals surface area (Å²) in [5.41, 5.74) is -0.655. The molecule has 0 bridgehead atoms. The summed E-state index contributed by atoms with van der Waals surface area (Å²) in [7, 11) is 2.67. The second-order valence-corrected chi connectivity index (χ2v) is 5.50. The molecule has 0 aliphatic heterocycles. The average molecular weight is 278 g/mol. The largest absolute Gasteiger partial charge is 0.375 e. The minimum Gasteiger partial charge on any atom is -0.375 e. The molecule has 0 radical (unpaired) electrons. The van der Waals surface area contributed by atoms with Crippen LogP contribution in [0.3, 0.4) is 0 Å². The number of unbranched alkanes of at least 4 members (excludes halogenated alkanes) is 3. The van der Waals surface area contributed by atoms with E-state index in [0.29, 0.717) is 6.61 Å². The third kappa shape index (κ3) is 10.3. The Morgan fingerprint density at radius 2 is 1.22 bits per heavy atom. The van der Waals surface area contributed by atoms with Crippen LogP contribution in [0.5, 0.6) is 0 Å². The molecule has 0 spiro atoms. The van der Waals surface area contributed by atoms with Crippen molar-refractivity contribution in [2.24, 2.45) is 0 Å². The Kier molecular flexibility index (Phi) is 12.6. The van der Waals surface area contributed by atoms with Crippen molar-refractivity contribution in [3.8, 4) is 0 Å². The van der Waals surface area contributed by atoms with E-state index < -0.39 is 5.53 Å². The van der Waals surface area contributed by atoms with Crippen LogP contribution in [-0.4, -0.2) is 32.0 Å². The number of ether oxygens (including phenoxy) is 3. The molecule has 0 heterocycles. The second-order valence-electron chi connectivity index (χ2n) is 4.62. The van der Waals surface area contributed by atoms with E-state index in [0.717, 1.165) is 58.3 Å². The summed E-state index contributed by atoms with van der Waals surface area (Å²) in [5.74, 6) is 0. The lowest BCUT2D eigenvalue weighted by atomic mass is 10.3. The van der Waals surface area contributed by atoms with Gasteiger partial charge in [-0.05, 0) is 19.3 Å². The Labute approximate surface area is 115 Å². The lowest BCUT2D eigenvalue weighted by Crippen LogP contribution is -2.35.